The van der Waals surface area contributed by atoms with Crippen LogP contribution in [0.2, 0.25) is 0 Å². The van der Waals surface area contributed by atoms with Gasteiger partial charge in [0, 0.05) is 18.0 Å². The Labute approximate surface area is 186 Å². The van der Waals surface area contributed by atoms with E-state index in [0.29, 0.717) is 5.56 Å². The highest BCUT2D eigenvalue weighted by atomic mass is 19.1. The molecule has 3 aromatic carbocycles. The predicted molar refractivity (Wildman–Crippen MR) is 120 cm³/mol. The Bertz CT molecular complexity index is 1070. The summed E-state index contributed by atoms with van der Waals surface area (Å²) in [5.41, 5.74) is 4.99. The molecule has 1 aliphatic rings. The van der Waals surface area contributed by atoms with Crippen molar-refractivity contribution in [1.29, 1.82) is 0 Å². The largest absolute Gasteiger partial charge is 0.449 e. The van der Waals surface area contributed by atoms with Crippen LogP contribution in [-0.4, -0.2) is 35.6 Å². The molecule has 1 amide bonds. The maximum Gasteiger partial charge on any atom is 0.407 e. The first-order chi connectivity index (χ1) is 15.5. The number of alkyl carbamates (subject to hydrolysis) is 1. The Morgan fingerprint density at radius 3 is 2.28 bits per heavy atom. The SMILES string of the molecule is Cc1cccc(C(O)C(O)CCNC(=O)OCC2c3ccccc3-c3ccccc32)c1F. The highest BCUT2D eigenvalue weighted by Crippen LogP contribution is 2.44. The molecule has 0 fully saturated rings. The lowest BCUT2D eigenvalue weighted by molar-refractivity contribution is 0.0116. The fraction of sp³-hybridized carbons (Fsp3) is 0.269. The van der Waals surface area contributed by atoms with Crippen molar-refractivity contribution < 1.29 is 24.1 Å². The first-order valence-electron chi connectivity index (χ1n) is 10.7. The van der Waals surface area contributed by atoms with Gasteiger partial charge in [0.15, 0.2) is 0 Å². The van der Waals surface area contributed by atoms with Crippen LogP contribution < -0.4 is 5.32 Å². The highest BCUT2D eigenvalue weighted by Gasteiger charge is 2.29. The second-order valence-corrected chi connectivity index (χ2v) is 8.03. The predicted octanol–water partition coefficient (Wildman–Crippen LogP) is 4.46. The van der Waals surface area contributed by atoms with Gasteiger partial charge in [-0.1, -0.05) is 66.7 Å². The molecule has 0 bridgehead atoms. The molecule has 0 radical (unpaired) electrons. The maximum absolute atomic E-state index is 14.2. The van der Waals surface area contributed by atoms with Crippen molar-refractivity contribution in [3.63, 3.8) is 0 Å². The number of rotatable bonds is 7. The van der Waals surface area contributed by atoms with Gasteiger partial charge in [0.25, 0.3) is 0 Å². The van der Waals surface area contributed by atoms with Gasteiger partial charge in [0.1, 0.15) is 18.5 Å². The summed E-state index contributed by atoms with van der Waals surface area (Å²) in [4.78, 5) is 12.2. The van der Waals surface area contributed by atoms with E-state index in [1.807, 2.05) is 36.4 Å². The average molecular weight is 435 g/mol. The van der Waals surface area contributed by atoms with E-state index in [4.69, 9.17) is 4.74 Å². The molecule has 0 saturated heterocycles. The van der Waals surface area contributed by atoms with Crippen LogP contribution in [0.25, 0.3) is 11.1 Å². The van der Waals surface area contributed by atoms with Gasteiger partial charge in [-0.15, -0.1) is 0 Å². The van der Waals surface area contributed by atoms with E-state index >= 15 is 0 Å². The van der Waals surface area contributed by atoms with Crippen LogP contribution in [0, 0.1) is 12.7 Å². The Morgan fingerprint density at radius 2 is 1.62 bits per heavy atom. The molecule has 0 aromatic heterocycles. The molecule has 0 saturated carbocycles. The first kappa shape index (κ1) is 22.0. The number of amides is 1. The zero-order chi connectivity index (χ0) is 22.7. The minimum atomic E-state index is -1.38. The van der Waals surface area contributed by atoms with E-state index < -0.39 is 24.1 Å². The summed E-state index contributed by atoms with van der Waals surface area (Å²) in [5.74, 6) is -0.576. The number of hydrogen-bond donors (Lipinski definition) is 3. The lowest BCUT2D eigenvalue weighted by Gasteiger charge is -2.19. The number of benzene rings is 3. The van der Waals surface area contributed by atoms with Gasteiger partial charge in [0.05, 0.1) is 6.10 Å². The number of aliphatic hydroxyl groups excluding tert-OH is 2. The van der Waals surface area contributed by atoms with Crippen molar-refractivity contribution in [2.45, 2.75) is 31.5 Å². The molecule has 2 unspecified atom stereocenters. The maximum atomic E-state index is 14.2. The molecule has 166 valence electrons. The van der Waals surface area contributed by atoms with Gasteiger partial charge in [-0.05, 0) is 41.2 Å². The van der Waals surface area contributed by atoms with Crippen LogP contribution in [0.1, 0.15) is 40.7 Å². The molecule has 3 N–H and O–H groups in total. The number of hydrogen-bond acceptors (Lipinski definition) is 4. The summed E-state index contributed by atoms with van der Waals surface area (Å²) >= 11 is 0. The van der Waals surface area contributed by atoms with E-state index in [1.165, 1.54) is 6.07 Å². The number of fused-ring (bicyclic) bond motifs is 3. The molecule has 0 aliphatic heterocycles. The van der Waals surface area contributed by atoms with Gasteiger partial charge < -0.3 is 20.3 Å². The zero-order valence-electron chi connectivity index (χ0n) is 17.8. The van der Waals surface area contributed by atoms with E-state index in [1.54, 1.807) is 19.1 Å². The van der Waals surface area contributed by atoms with E-state index in [2.05, 4.69) is 17.4 Å². The minimum absolute atomic E-state index is 0.0372. The molecule has 0 spiro atoms. The monoisotopic (exact) mass is 435 g/mol. The lowest BCUT2D eigenvalue weighted by Crippen LogP contribution is -2.31. The molecule has 2 atom stereocenters. The molecule has 0 heterocycles. The normalized spacial score (nSPS) is 14.4. The number of ether oxygens (including phenoxy) is 1. The first-order valence-corrected chi connectivity index (χ1v) is 10.7. The van der Waals surface area contributed by atoms with Crippen LogP contribution in [0.3, 0.4) is 0 Å². The second-order valence-electron chi connectivity index (χ2n) is 8.03. The zero-order valence-corrected chi connectivity index (χ0v) is 17.8. The average Bonchev–Trinajstić information content (AvgIpc) is 3.13. The summed E-state index contributed by atoms with van der Waals surface area (Å²) in [6.07, 6.45) is -3.15. The Morgan fingerprint density at radius 1 is 1.00 bits per heavy atom. The van der Waals surface area contributed by atoms with Crippen molar-refractivity contribution in [3.8, 4) is 11.1 Å². The van der Waals surface area contributed by atoms with Crippen LogP contribution in [0.15, 0.2) is 66.7 Å². The molecular formula is C26H26FNO4. The molecule has 4 rings (SSSR count). The Hall–Kier alpha value is -3.22. The van der Waals surface area contributed by atoms with Crippen LogP contribution in [-0.2, 0) is 4.74 Å². The van der Waals surface area contributed by atoms with Crippen LogP contribution in [0.4, 0.5) is 9.18 Å². The third-order valence-electron chi connectivity index (χ3n) is 5.96. The summed E-state index contributed by atoms with van der Waals surface area (Å²) in [5, 5.41) is 23.1. The smallest absolute Gasteiger partial charge is 0.407 e. The van der Waals surface area contributed by atoms with Gasteiger partial charge in [-0.2, -0.15) is 0 Å². The topological polar surface area (TPSA) is 78.8 Å². The highest BCUT2D eigenvalue weighted by molar-refractivity contribution is 5.79. The van der Waals surface area contributed by atoms with Crippen molar-refractivity contribution >= 4 is 6.09 Å². The van der Waals surface area contributed by atoms with Crippen molar-refractivity contribution in [3.05, 3.63) is 94.8 Å². The molecule has 1 aliphatic carbocycles. The number of nitrogens with one attached hydrogen (secondary N) is 1. The number of carbonyl (C=O) groups excluding carboxylic acids is 1. The number of halogens is 1. The minimum Gasteiger partial charge on any atom is -0.449 e. The van der Waals surface area contributed by atoms with E-state index in [0.717, 1.165) is 22.3 Å². The third-order valence-corrected chi connectivity index (χ3v) is 5.96. The number of aryl methyl sites for hydroxylation is 1. The molecule has 3 aromatic rings. The standard InChI is InChI=1S/C26H26FNO4/c1-16-7-6-12-21(24(16)27)25(30)23(29)13-14-28-26(31)32-15-22-19-10-4-2-8-17(19)18-9-3-5-11-20(18)22/h2-12,22-23,25,29-30H,13-15H2,1H3,(H,28,31). The van der Waals surface area contributed by atoms with Gasteiger partial charge in [-0.25, -0.2) is 9.18 Å². The van der Waals surface area contributed by atoms with Gasteiger partial charge >= 0.3 is 6.09 Å². The van der Waals surface area contributed by atoms with E-state index in [-0.39, 0.29) is 31.1 Å². The lowest BCUT2D eigenvalue weighted by atomic mass is 9.98. The fourth-order valence-corrected chi connectivity index (χ4v) is 4.24. The van der Waals surface area contributed by atoms with Crippen molar-refractivity contribution in [2.24, 2.45) is 0 Å². The van der Waals surface area contributed by atoms with Gasteiger partial charge in [0.2, 0.25) is 0 Å². The van der Waals surface area contributed by atoms with Crippen molar-refractivity contribution in [2.75, 3.05) is 13.2 Å². The Balaban J connectivity index is 1.29. The Kier molecular flexibility index (Phi) is 6.53. The summed E-state index contributed by atoms with van der Waals surface area (Å²) < 4.78 is 19.6. The summed E-state index contributed by atoms with van der Waals surface area (Å²) in [7, 11) is 0. The molecule has 32 heavy (non-hydrogen) atoms. The number of carbonyl (C=O) groups is 1. The van der Waals surface area contributed by atoms with Gasteiger partial charge in [-0.3, -0.25) is 0 Å². The van der Waals surface area contributed by atoms with E-state index in [9.17, 15) is 19.4 Å². The van der Waals surface area contributed by atoms with Crippen molar-refractivity contribution in [1.82, 2.24) is 5.32 Å². The molecular weight excluding hydrogens is 409 g/mol. The quantitative estimate of drug-likeness (QED) is 0.512. The molecule has 5 nitrogen and oxygen atoms in total. The third kappa shape index (κ3) is 4.38. The number of aliphatic hydroxyl groups is 2. The summed E-state index contributed by atoms with van der Waals surface area (Å²) in [6, 6.07) is 20.8. The van der Waals surface area contributed by atoms with Crippen LogP contribution in [0.5, 0.6) is 0 Å². The summed E-state index contributed by atoms with van der Waals surface area (Å²) in [6.45, 7) is 1.87. The van der Waals surface area contributed by atoms with Crippen LogP contribution >= 0.6 is 0 Å². The molecule has 6 heteroatoms. The fourth-order valence-electron chi connectivity index (χ4n) is 4.24. The second kappa shape index (κ2) is 9.51.